The molecule has 5 nitrogen and oxygen atoms in total. The molecule has 6 heteroatoms. The fourth-order valence-corrected chi connectivity index (χ4v) is 2.49. The maximum Gasteiger partial charge on any atom is 0.238 e. The SMILES string of the molecule is CC[C@@H](NS(C)(=O)=O)C(=O)NCc1ccccc1C. The molecule has 19 heavy (non-hydrogen) atoms. The third kappa shape index (κ3) is 5.40. The van der Waals surface area contributed by atoms with Crippen LogP contribution in [0.4, 0.5) is 0 Å². The normalized spacial score (nSPS) is 13.0. The summed E-state index contributed by atoms with van der Waals surface area (Å²) in [4.78, 5) is 11.9. The smallest absolute Gasteiger partial charge is 0.238 e. The van der Waals surface area contributed by atoms with Gasteiger partial charge in [-0.1, -0.05) is 31.2 Å². The third-order valence-electron chi connectivity index (χ3n) is 2.80. The van der Waals surface area contributed by atoms with Gasteiger partial charge in [0.25, 0.3) is 0 Å². The molecule has 1 aromatic rings. The van der Waals surface area contributed by atoms with E-state index in [1.54, 1.807) is 6.92 Å². The predicted molar refractivity (Wildman–Crippen MR) is 75.1 cm³/mol. The van der Waals surface area contributed by atoms with Crippen molar-refractivity contribution >= 4 is 15.9 Å². The summed E-state index contributed by atoms with van der Waals surface area (Å²) in [7, 11) is -3.38. The largest absolute Gasteiger partial charge is 0.351 e. The van der Waals surface area contributed by atoms with Crippen LogP contribution in [0.15, 0.2) is 24.3 Å². The number of hydrogen-bond acceptors (Lipinski definition) is 3. The fourth-order valence-electron chi connectivity index (χ4n) is 1.69. The van der Waals surface area contributed by atoms with E-state index < -0.39 is 16.1 Å². The fraction of sp³-hybridized carbons (Fsp3) is 0.462. The van der Waals surface area contributed by atoms with Crippen molar-refractivity contribution in [3.05, 3.63) is 35.4 Å². The van der Waals surface area contributed by atoms with Crippen molar-refractivity contribution in [1.82, 2.24) is 10.0 Å². The van der Waals surface area contributed by atoms with Crippen LogP contribution in [0.5, 0.6) is 0 Å². The van der Waals surface area contributed by atoms with Crippen molar-refractivity contribution in [2.75, 3.05) is 6.26 Å². The number of aryl methyl sites for hydroxylation is 1. The van der Waals surface area contributed by atoms with E-state index in [0.717, 1.165) is 17.4 Å². The molecule has 1 rings (SSSR count). The molecule has 1 aromatic carbocycles. The van der Waals surface area contributed by atoms with Gasteiger partial charge in [0.1, 0.15) is 6.04 Å². The molecule has 1 atom stereocenters. The van der Waals surface area contributed by atoms with Crippen LogP contribution in [0.2, 0.25) is 0 Å². The first-order valence-corrected chi connectivity index (χ1v) is 8.02. The topological polar surface area (TPSA) is 75.3 Å². The van der Waals surface area contributed by atoms with Crippen LogP contribution >= 0.6 is 0 Å². The first-order chi connectivity index (χ1) is 8.83. The van der Waals surface area contributed by atoms with Gasteiger partial charge in [0.2, 0.25) is 15.9 Å². The van der Waals surface area contributed by atoms with Gasteiger partial charge in [-0.15, -0.1) is 0 Å². The van der Waals surface area contributed by atoms with E-state index in [9.17, 15) is 13.2 Å². The molecular formula is C13H20N2O3S. The van der Waals surface area contributed by atoms with E-state index in [-0.39, 0.29) is 5.91 Å². The van der Waals surface area contributed by atoms with Crippen LogP contribution in [0.1, 0.15) is 24.5 Å². The molecule has 0 spiro atoms. The van der Waals surface area contributed by atoms with Crippen LogP contribution in [-0.2, 0) is 21.4 Å². The summed E-state index contributed by atoms with van der Waals surface area (Å²) in [5.74, 6) is -0.309. The first kappa shape index (κ1) is 15.7. The summed E-state index contributed by atoms with van der Waals surface area (Å²) in [5, 5.41) is 2.75. The second kappa shape index (κ2) is 6.68. The number of benzene rings is 1. The summed E-state index contributed by atoms with van der Waals surface area (Å²) in [6, 6.07) is 7.01. The summed E-state index contributed by atoms with van der Waals surface area (Å²) in [6.45, 7) is 4.12. The van der Waals surface area contributed by atoms with Crippen LogP contribution < -0.4 is 10.0 Å². The second-order valence-electron chi connectivity index (χ2n) is 4.50. The maximum absolute atomic E-state index is 11.9. The van der Waals surface area contributed by atoms with E-state index in [1.807, 2.05) is 31.2 Å². The van der Waals surface area contributed by atoms with Crippen molar-refractivity contribution in [3.63, 3.8) is 0 Å². The summed E-state index contributed by atoms with van der Waals surface area (Å²) < 4.78 is 24.6. The van der Waals surface area contributed by atoms with E-state index >= 15 is 0 Å². The Bertz CT molecular complexity index is 541. The number of nitrogens with one attached hydrogen (secondary N) is 2. The van der Waals surface area contributed by atoms with Crippen molar-refractivity contribution in [2.45, 2.75) is 32.9 Å². The Hall–Kier alpha value is -1.40. The zero-order chi connectivity index (χ0) is 14.5. The highest BCUT2D eigenvalue weighted by Gasteiger charge is 2.19. The average molecular weight is 284 g/mol. The molecule has 0 heterocycles. The standard InChI is InChI=1S/C13H20N2O3S/c1-4-12(15-19(3,17)18)13(16)14-9-11-8-6-5-7-10(11)2/h5-8,12,15H,4,9H2,1-3H3,(H,14,16)/t12-/m1/s1. The number of sulfonamides is 1. The molecular weight excluding hydrogens is 264 g/mol. The molecule has 1 amide bonds. The number of carbonyl (C=O) groups is 1. The van der Waals surface area contributed by atoms with Gasteiger partial charge in [0, 0.05) is 6.54 Å². The summed E-state index contributed by atoms with van der Waals surface area (Å²) in [6.07, 6.45) is 1.46. The van der Waals surface area contributed by atoms with E-state index in [0.29, 0.717) is 13.0 Å². The molecule has 0 aliphatic carbocycles. The summed E-state index contributed by atoms with van der Waals surface area (Å²) >= 11 is 0. The van der Waals surface area contributed by atoms with Crippen LogP contribution in [0, 0.1) is 6.92 Å². The highest BCUT2D eigenvalue weighted by molar-refractivity contribution is 7.88. The molecule has 0 bridgehead atoms. The summed E-state index contributed by atoms with van der Waals surface area (Å²) in [5.41, 5.74) is 2.11. The van der Waals surface area contributed by atoms with Crippen molar-refractivity contribution in [3.8, 4) is 0 Å². The van der Waals surface area contributed by atoms with Gasteiger partial charge < -0.3 is 5.32 Å². The Morgan fingerprint density at radius 3 is 2.47 bits per heavy atom. The van der Waals surface area contributed by atoms with Gasteiger partial charge in [-0.05, 0) is 24.5 Å². The quantitative estimate of drug-likeness (QED) is 0.816. The Morgan fingerprint density at radius 2 is 1.95 bits per heavy atom. The molecule has 0 saturated carbocycles. The number of rotatable bonds is 6. The number of hydrogen-bond donors (Lipinski definition) is 2. The Kier molecular flexibility index (Phi) is 5.50. The van der Waals surface area contributed by atoms with Crippen molar-refractivity contribution in [2.24, 2.45) is 0 Å². The van der Waals surface area contributed by atoms with Crippen LogP contribution in [-0.4, -0.2) is 26.6 Å². The highest BCUT2D eigenvalue weighted by atomic mass is 32.2. The van der Waals surface area contributed by atoms with Gasteiger partial charge in [-0.2, -0.15) is 0 Å². The van der Waals surface area contributed by atoms with Crippen LogP contribution in [0.25, 0.3) is 0 Å². The van der Waals surface area contributed by atoms with Gasteiger partial charge in [0.15, 0.2) is 0 Å². The Balaban J connectivity index is 2.61. The van der Waals surface area contributed by atoms with Crippen LogP contribution in [0.3, 0.4) is 0 Å². The van der Waals surface area contributed by atoms with E-state index in [2.05, 4.69) is 10.0 Å². The molecule has 2 N–H and O–H groups in total. The van der Waals surface area contributed by atoms with Crippen molar-refractivity contribution in [1.29, 1.82) is 0 Å². The number of carbonyl (C=O) groups excluding carboxylic acids is 1. The third-order valence-corrected chi connectivity index (χ3v) is 3.51. The Morgan fingerprint density at radius 1 is 1.32 bits per heavy atom. The first-order valence-electron chi connectivity index (χ1n) is 6.13. The van der Waals surface area contributed by atoms with E-state index in [1.165, 1.54) is 0 Å². The van der Waals surface area contributed by atoms with Gasteiger partial charge in [-0.3, -0.25) is 4.79 Å². The monoisotopic (exact) mass is 284 g/mol. The molecule has 0 aliphatic heterocycles. The maximum atomic E-state index is 11.9. The van der Waals surface area contributed by atoms with Crippen molar-refractivity contribution < 1.29 is 13.2 Å². The minimum atomic E-state index is -3.38. The van der Waals surface area contributed by atoms with Gasteiger partial charge >= 0.3 is 0 Å². The lowest BCUT2D eigenvalue weighted by Crippen LogP contribution is -2.45. The molecule has 0 unspecified atom stereocenters. The lowest BCUT2D eigenvalue weighted by Gasteiger charge is -2.16. The molecule has 0 aromatic heterocycles. The molecule has 106 valence electrons. The van der Waals surface area contributed by atoms with E-state index in [4.69, 9.17) is 0 Å². The van der Waals surface area contributed by atoms with Gasteiger partial charge in [-0.25, -0.2) is 13.1 Å². The molecule has 0 aliphatic rings. The molecule has 0 radical (unpaired) electrons. The molecule has 0 saturated heterocycles. The second-order valence-corrected chi connectivity index (χ2v) is 6.28. The zero-order valence-corrected chi connectivity index (χ0v) is 12.3. The minimum absolute atomic E-state index is 0.309. The lowest BCUT2D eigenvalue weighted by molar-refractivity contribution is -0.122. The lowest BCUT2D eigenvalue weighted by atomic mass is 10.1. The number of amides is 1. The molecule has 0 fully saturated rings. The average Bonchev–Trinajstić information content (AvgIpc) is 2.33. The van der Waals surface area contributed by atoms with Gasteiger partial charge in [0.05, 0.1) is 6.26 Å². The highest BCUT2D eigenvalue weighted by Crippen LogP contribution is 2.06. The zero-order valence-electron chi connectivity index (χ0n) is 11.4. The Labute approximate surface area is 114 Å². The predicted octanol–water partition coefficient (Wildman–Crippen LogP) is 0.939. The minimum Gasteiger partial charge on any atom is -0.351 e.